The predicted molar refractivity (Wildman–Crippen MR) is 352 cm³/mol. The Hall–Kier alpha value is 0.500. The van der Waals surface area contributed by atoms with Gasteiger partial charge in [-0.2, -0.15) is 0 Å². The van der Waals surface area contributed by atoms with Gasteiger partial charge in [0.15, 0.2) is 0 Å². The molecule has 0 atom stereocenters. The van der Waals surface area contributed by atoms with E-state index in [1.165, 1.54) is 442 Å². The van der Waals surface area contributed by atoms with Crippen molar-refractivity contribution in [1.29, 1.82) is 0 Å². The van der Waals surface area contributed by atoms with E-state index in [-0.39, 0.29) is 24.8 Å². The van der Waals surface area contributed by atoms with E-state index in [0.29, 0.717) is 0 Å². The first kappa shape index (κ1) is 84.9. The van der Waals surface area contributed by atoms with Gasteiger partial charge in [0.05, 0.1) is 40.3 Å². The van der Waals surface area contributed by atoms with Gasteiger partial charge in [-0.1, -0.05) is 387 Å². The predicted octanol–water partition coefficient (Wildman–Crippen LogP) is 19.7. The van der Waals surface area contributed by atoms with Gasteiger partial charge in [-0.25, -0.2) is 0 Å². The Bertz CT molecular complexity index is 885. The molecule has 0 aromatic carbocycles. The van der Waals surface area contributed by atoms with Crippen LogP contribution in [0, 0.1) is 0 Å². The molecule has 0 saturated heterocycles. The molecule has 4 heteroatoms. The minimum Gasteiger partial charge on any atom is -1.00 e. The molecular formula is C74H156Cl2N2. The van der Waals surface area contributed by atoms with E-state index in [2.05, 4.69) is 47.1 Å². The summed E-state index contributed by atoms with van der Waals surface area (Å²) in [5, 5.41) is 2.59. The summed E-state index contributed by atoms with van der Waals surface area (Å²) in [6.07, 6.45) is 94.0. The number of hydrogen-bond donors (Lipinski definition) is 1. The zero-order valence-corrected chi connectivity index (χ0v) is 57.4. The standard InChI is InChI=1S/C38H80N.C36H75N.2ClH/c1-5-7-9-11-13-15-17-19-21-23-25-27-29-31-33-35-37-39(3,4)38-36-34-32-30-28-26-24-22-20-18-16-14-12-10-8-6-2;1-3-5-7-9-11-13-15-17-19-21-23-25-27-29-31-33-35-37-36-34-32-30-28-26-24-22-20-18-16-14-12-10-8-6-4-2;;/h5-38H2,1-4H3;37H,3-36H2,1-2H3;2*1H/q+1;;;/p-1. The first-order valence-corrected chi connectivity index (χ1v) is 37.2. The van der Waals surface area contributed by atoms with E-state index in [4.69, 9.17) is 0 Å². The molecule has 0 radical (unpaired) electrons. The summed E-state index contributed by atoms with van der Waals surface area (Å²) in [6.45, 7) is 14.7. The number of quaternary nitrogens is 2. The highest BCUT2D eigenvalue weighted by Crippen LogP contribution is 2.19. The Kier molecular flexibility index (Phi) is 86.7. The largest absolute Gasteiger partial charge is 1.00 e. The number of halogens is 2. The monoisotopic (exact) mass is 1140 g/mol. The van der Waals surface area contributed by atoms with Crippen LogP contribution in [0.5, 0.6) is 0 Å². The van der Waals surface area contributed by atoms with Gasteiger partial charge < -0.3 is 34.6 Å². The topological polar surface area (TPSA) is 16.6 Å². The highest BCUT2D eigenvalue weighted by molar-refractivity contribution is 4.55. The maximum absolute atomic E-state index is 2.59. The van der Waals surface area contributed by atoms with Crippen LogP contribution in [0.2, 0.25) is 0 Å². The SMILES string of the molecule is CCCCCCCCCCCCCCCCCC[N+](C)(C)CCCCCCCCCCCCCCCCCC.CCCCCCCCCCCCCCCCCC[NH2+]CCCCCCCCCCCCCCCCCC.[Cl-].[Cl-]. The van der Waals surface area contributed by atoms with Gasteiger partial charge in [0.2, 0.25) is 0 Å². The third-order valence-electron chi connectivity index (χ3n) is 17.8. The molecule has 0 rings (SSSR count). The Morgan fingerprint density at radius 1 is 0.167 bits per heavy atom. The molecule has 0 unspecified atom stereocenters. The second-order valence-electron chi connectivity index (χ2n) is 26.5. The minimum atomic E-state index is 0. The van der Waals surface area contributed by atoms with Crippen LogP contribution in [0.15, 0.2) is 0 Å². The van der Waals surface area contributed by atoms with Crippen molar-refractivity contribution < 1.29 is 34.6 Å². The zero-order valence-electron chi connectivity index (χ0n) is 55.9. The van der Waals surface area contributed by atoms with Gasteiger partial charge in [-0.3, -0.25) is 0 Å². The van der Waals surface area contributed by atoms with Gasteiger partial charge >= 0.3 is 0 Å². The third-order valence-corrected chi connectivity index (χ3v) is 17.8. The lowest BCUT2D eigenvalue weighted by atomic mass is 10.0. The van der Waals surface area contributed by atoms with Crippen LogP contribution in [0.4, 0.5) is 0 Å². The quantitative estimate of drug-likeness (QED) is 0.0462. The first-order chi connectivity index (χ1) is 37.5. The van der Waals surface area contributed by atoms with Crippen molar-refractivity contribution in [1.82, 2.24) is 0 Å². The number of hydrogen-bond acceptors (Lipinski definition) is 0. The fourth-order valence-corrected chi connectivity index (χ4v) is 12.1. The molecule has 476 valence electrons. The normalized spacial score (nSPS) is 11.5. The molecule has 0 bridgehead atoms. The summed E-state index contributed by atoms with van der Waals surface area (Å²) in [7, 11) is 4.94. The second-order valence-corrected chi connectivity index (χ2v) is 26.5. The van der Waals surface area contributed by atoms with Gasteiger partial charge in [0.25, 0.3) is 0 Å². The number of rotatable bonds is 68. The first-order valence-electron chi connectivity index (χ1n) is 37.2. The molecule has 0 saturated carbocycles. The molecule has 0 aromatic rings. The van der Waals surface area contributed by atoms with E-state index in [1.54, 1.807) is 0 Å². The van der Waals surface area contributed by atoms with E-state index in [0.717, 1.165) is 0 Å². The molecule has 0 heterocycles. The molecule has 78 heavy (non-hydrogen) atoms. The second kappa shape index (κ2) is 79.6. The van der Waals surface area contributed by atoms with Crippen LogP contribution in [-0.4, -0.2) is 44.8 Å². The molecule has 0 spiro atoms. The lowest BCUT2D eigenvalue weighted by Gasteiger charge is -2.30. The van der Waals surface area contributed by atoms with Gasteiger partial charge in [0.1, 0.15) is 0 Å². The fraction of sp³-hybridized carbons (Fsp3) is 1.00. The third kappa shape index (κ3) is 83.0. The highest BCUT2D eigenvalue weighted by Gasteiger charge is 2.13. The minimum absolute atomic E-state index is 0. The van der Waals surface area contributed by atoms with Crippen LogP contribution in [0.25, 0.3) is 0 Å². The summed E-state index contributed by atoms with van der Waals surface area (Å²) in [5.41, 5.74) is 0. The van der Waals surface area contributed by atoms with Crippen molar-refractivity contribution in [2.24, 2.45) is 0 Å². The van der Waals surface area contributed by atoms with Crippen LogP contribution in [-0.2, 0) is 0 Å². The van der Waals surface area contributed by atoms with Crippen molar-refractivity contribution >= 4 is 0 Å². The summed E-state index contributed by atoms with van der Waals surface area (Å²) in [4.78, 5) is 0. The average molecular weight is 1140 g/mol. The summed E-state index contributed by atoms with van der Waals surface area (Å²) >= 11 is 0. The molecule has 0 aliphatic heterocycles. The summed E-state index contributed by atoms with van der Waals surface area (Å²) < 4.78 is 1.25. The van der Waals surface area contributed by atoms with E-state index >= 15 is 0 Å². The van der Waals surface area contributed by atoms with Gasteiger partial charge in [-0.15, -0.1) is 0 Å². The van der Waals surface area contributed by atoms with Crippen LogP contribution in [0.1, 0.15) is 439 Å². The van der Waals surface area contributed by atoms with Crippen LogP contribution < -0.4 is 30.1 Å². The smallest absolute Gasteiger partial charge is 0.0782 e. The Morgan fingerprint density at radius 3 is 0.423 bits per heavy atom. The molecule has 0 fully saturated rings. The van der Waals surface area contributed by atoms with Crippen molar-refractivity contribution in [3.8, 4) is 0 Å². The van der Waals surface area contributed by atoms with Crippen molar-refractivity contribution in [3.05, 3.63) is 0 Å². The van der Waals surface area contributed by atoms with Crippen LogP contribution >= 0.6 is 0 Å². The maximum Gasteiger partial charge on any atom is 0.0782 e. The molecule has 0 aromatic heterocycles. The molecule has 0 amide bonds. The Labute approximate surface area is 510 Å². The molecule has 0 aliphatic rings. The summed E-state index contributed by atoms with van der Waals surface area (Å²) in [6, 6.07) is 0. The Morgan fingerprint density at radius 2 is 0.282 bits per heavy atom. The highest BCUT2D eigenvalue weighted by atomic mass is 35.5. The fourth-order valence-electron chi connectivity index (χ4n) is 12.1. The van der Waals surface area contributed by atoms with Crippen molar-refractivity contribution in [3.63, 3.8) is 0 Å². The summed E-state index contributed by atoms with van der Waals surface area (Å²) in [5.74, 6) is 0. The maximum atomic E-state index is 2.59. The van der Waals surface area contributed by atoms with E-state index in [9.17, 15) is 0 Å². The van der Waals surface area contributed by atoms with Gasteiger partial charge in [-0.05, 0) is 51.4 Å². The lowest BCUT2D eigenvalue weighted by Crippen LogP contribution is -3.00. The average Bonchev–Trinajstić information content (AvgIpc) is 3.42. The molecule has 2 N–H and O–H groups in total. The zero-order chi connectivity index (χ0) is 55.3. The Balaban J connectivity index is -0.000000685. The number of unbranched alkanes of at least 4 members (excludes halogenated alkanes) is 60. The van der Waals surface area contributed by atoms with Crippen molar-refractivity contribution in [2.45, 2.75) is 439 Å². The van der Waals surface area contributed by atoms with Crippen LogP contribution in [0.3, 0.4) is 0 Å². The number of nitrogens with zero attached hydrogens (tertiary/aromatic N) is 1. The lowest BCUT2D eigenvalue weighted by molar-refractivity contribution is -0.890. The number of nitrogens with two attached hydrogens (primary N) is 1. The van der Waals surface area contributed by atoms with E-state index in [1.807, 2.05) is 0 Å². The molecule has 2 nitrogen and oxygen atoms in total. The molecular weight excluding hydrogens is 988 g/mol. The molecule has 0 aliphatic carbocycles. The van der Waals surface area contributed by atoms with E-state index < -0.39 is 0 Å². The van der Waals surface area contributed by atoms with Gasteiger partial charge in [0, 0.05) is 0 Å². The van der Waals surface area contributed by atoms with Crippen molar-refractivity contribution in [2.75, 3.05) is 40.3 Å².